The number of aliphatic hydroxyl groups is 1. The summed E-state index contributed by atoms with van der Waals surface area (Å²) in [6.45, 7) is 11.7. The lowest BCUT2D eigenvalue weighted by Crippen LogP contribution is -2.50. The van der Waals surface area contributed by atoms with Crippen molar-refractivity contribution in [2.24, 2.45) is 0 Å². The van der Waals surface area contributed by atoms with Gasteiger partial charge in [0.25, 0.3) is 0 Å². The highest BCUT2D eigenvalue weighted by Crippen LogP contribution is 2.17. The predicted molar refractivity (Wildman–Crippen MR) is 83.9 cm³/mol. The second-order valence-corrected chi connectivity index (χ2v) is 6.02. The number of hydrogen-bond acceptors (Lipinski definition) is 3. The minimum Gasteiger partial charge on any atom is -0.387 e. The first-order valence-corrected chi connectivity index (χ1v) is 7.81. The topological polar surface area (TPSA) is 26.7 Å². The number of piperazine rings is 1. The molecule has 2 rings (SSSR count). The van der Waals surface area contributed by atoms with Gasteiger partial charge in [0.05, 0.1) is 6.10 Å². The van der Waals surface area contributed by atoms with Crippen molar-refractivity contribution in [2.75, 3.05) is 32.7 Å². The van der Waals surface area contributed by atoms with Crippen LogP contribution < -0.4 is 0 Å². The van der Waals surface area contributed by atoms with Gasteiger partial charge in [-0.3, -0.25) is 9.80 Å². The lowest BCUT2D eigenvalue weighted by Gasteiger charge is -2.38. The smallest absolute Gasteiger partial charge is 0.0916 e. The maximum absolute atomic E-state index is 10.3. The molecule has 20 heavy (non-hydrogen) atoms. The van der Waals surface area contributed by atoms with E-state index in [0.717, 1.165) is 38.3 Å². The van der Waals surface area contributed by atoms with E-state index in [1.807, 2.05) is 12.1 Å². The molecular formula is C17H28N2O. The van der Waals surface area contributed by atoms with Gasteiger partial charge in [0, 0.05) is 38.8 Å². The van der Waals surface area contributed by atoms with Crippen molar-refractivity contribution < 1.29 is 5.11 Å². The third-order valence-electron chi connectivity index (χ3n) is 4.51. The van der Waals surface area contributed by atoms with Crippen LogP contribution in [0.5, 0.6) is 0 Å². The summed E-state index contributed by atoms with van der Waals surface area (Å²) < 4.78 is 0. The molecule has 1 heterocycles. The van der Waals surface area contributed by atoms with Gasteiger partial charge in [0.15, 0.2) is 0 Å². The molecule has 0 saturated carbocycles. The van der Waals surface area contributed by atoms with E-state index in [1.54, 1.807) is 0 Å². The van der Waals surface area contributed by atoms with E-state index in [2.05, 4.69) is 42.7 Å². The van der Waals surface area contributed by atoms with Crippen LogP contribution in [0.2, 0.25) is 0 Å². The summed E-state index contributed by atoms with van der Waals surface area (Å²) in [5.74, 6) is 0. The van der Waals surface area contributed by atoms with Crippen LogP contribution in [0, 0.1) is 6.92 Å². The predicted octanol–water partition coefficient (Wildman–Crippen LogP) is 2.44. The fraction of sp³-hybridized carbons (Fsp3) is 0.647. The zero-order chi connectivity index (χ0) is 14.5. The highest BCUT2D eigenvalue weighted by Gasteiger charge is 2.21. The zero-order valence-electron chi connectivity index (χ0n) is 13.0. The molecule has 2 unspecified atom stereocenters. The first-order chi connectivity index (χ1) is 9.60. The van der Waals surface area contributed by atoms with Crippen LogP contribution in [0.15, 0.2) is 24.3 Å². The number of rotatable bonds is 5. The van der Waals surface area contributed by atoms with Crippen LogP contribution >= 0.6 is 0 Å². The summed E-state index contributed by atoms with van der Waals surface area (Å²) in [4.78, 5) is 4.93. The number of aryl methyl sites for hydroxylation is 1. The summed E-state index contributed by atoms with van der Waals surface area (Å²) in [5.41, 5.74) is 2.27. The molecule has 112 valence electrons. The number of aliphatic hydroxyl groups excluding tert-OH is 1. The Bertz CT molecular complexity index is 396. The summed E-state index contributed by atoms with van der Waals surface area (Å²) in [6.07, 6.45) is 0.845. The molecule has 1 aliphatic heterocycles. The largest absolute Gasteiger partial charge is 0.387 e. The molecular weight excluding hydrogens is 248 g/mol. The van der Waals surface area contributed by atoms with Crippen molar-refractivity contribution in [1.29, 1.82) is 0 Å². The van der Waals surface area contributed by atoms with Crippen LogP contribution in [0.1, 0.15) is 37.5 Å². The molecule has 0 bridgehead atoms. The monoisotopic (exact) mass is 276 g/mol. The molecule has 1 aliphatic rings. The third-order valence-corrected chi connectivity index (χ3v) is 4.51. The van der Waals surface area contributed by atoms with E-state index in [4.69, 9.17) is 0 Å². The maximum Gasteiger partial charge on any atom is 0.0916 e. The van der Waals surface area contributed by atoms with Gasteiger partial charge in [-0.05, 0) is 25.8 Å². The molecule has 0 aliphatic carbocycles. The molecule has 0 amide bonds. The van der Waals surface area contributed by atoms with Gasteiger partial charge in [0.2, 0.25) is 0 Å². The molecule has 1 aromatic carbocycles. The van der Waals surface area contributed by atoms with Crippen LogP contribution in [0.3, 0.4) is 0 Å². The highest BCUT2D eigenvalue weighted by molar-refractivity contribution is 5.23. The zero-order valence-corrected chi connectivity index (χ0v) is 13.0. The van der Waals surface area contributed by atoms with Gasteiger partial charge >= 0.3 is 0 Å². The Morgan fingerprint density at radius 2 is 1.70 bits per heavy atom. The minimum absolute atomic E-state index is 0.370. The Balaban J connectivity index is 1.81. The van der Waals surface area contributed by atoms with E-state index in [-0.39, 0.29) is 6.10 Å². The average molecular weight is 276 g/mol. The second-order valence-electron chi connectivity index (χ2n) is 6.02. The summed E-state index contributed by atoms with van der Waals surface area (Å²) in [5, 5.41) is 10.3. The number of benzene rings is 1. The number of hydrogen-bond donors (Lipinski definition) is 1. The number of nitrogens with zero attached hydrogens (tertiary/aromatic N) is 2. The van der Waals surface area contributed by atoms with E-state index in [0.29, 0.717) is 6.04 Å². The third kappa shape index (κ3) is 4.05. The van der Waals surface area contributed by atoms with Crippen molar-refractivity contribution in [2.45, 2.75) is 39.3 Å². The molecule has 0 spiro atoms. The molecule has 3 nitrogen and oxygen atoms in total. The first kappa shape index (κ1) is 15.5. The highest BCUT2D eigenvalue weighted by atomic mass is 16.3. The second kappa shape index (κ2) is 7.21. The first-order valence-electron chi connectivity index (χ1n) is 7.81. The van der Waals surface area contributed by atoms with Crippen LogP contribution in [0.4, 0.5) is 0 Å². The average Bonchev–Trinajstić information content (AvgIpc) is 2.48. The van der Waals surface area contributed by atoms with Gasteiger partial charge in [-0.1, -0.05) is 36.8 Å². The van der Waals surface area contributed by atoms with E-state index in [9.17, 15) is 5.11 Å². The Kier molecular flexibility index (Phi) is 5.58. The maximum atomic E-state index is 10.3. The molecule has 1 fully saturated rings. The fourth-order valence-electron chi connectivity index (χ4n) is 2.78. The molecule has 3 heteroatoms. The van der Waals surface area contributed by atoms with Gasteiger partial charge in [-0.2, -0.15) is 0 Å². The van der Waals surface area contributed by atoms with Crippen molar-refractivity contribution in [3.63, 3.8) is 0 Å². The summed E-state index contributed by atoms with van der Waals surface area (Å²) >= 11 is 0. The van der Waals surface area contributed by atoms with E-state index in [1.165, 1.54) is 12.0 Å². The van der Waals surface area contributed by atoms with Crippen molar-refractivity contribution >= 4 is 0 Å². The lowest BCUT2D eigenvalue weighted by atomic mass is 10.1. The van der Waals surface area contributed by atoms with Crippen molar-refractivity contribution in [3.05, 3.63) is 35.4 Å². The van der Waals surface area contributed by atoms with Crippen LogP contribution in [-0.4, -0.2) is 53.7 Å². The molecule has 1 aromatic rings. The van der Waals surface area contributed by atoms with Crippen molar-refractivity contribution in [1.82, 2.24) is 9.80 Å². The minimum atomic E-state index is -0.370. The summed E-state index contributed by atoms with van der Waals surface area (Å²) in [7, 11) is 0. The van der Waals surface area contributed by atoms with Gasteiger partial charge in [-0.15, -0.1) is 0 Å². The molecule has 2 atom stereocenters. The van der Waals surface area contributed by atoms with E-state index < -0.39 is 0 Å². The molecule has 0 radical (unpaired) electrons. The fourth-order valence-corrected chi connectivity index (χ4v) is 2.78. The Labute approximate surface area is 123 Å². The van der Waals surface area contributed by atoms with Gasteiger partial charge in [-0.25, -0.2) is 0 Å². The molecule has 0 aromatic heterocycles. The summed E-state index contributed by atoms with van der Waals surface area (Å²) in [6, 6.07) is 8.89. The van der Waals surface area contributed by atoms with Gasteiger partial charge < -0.3 is 5.11 Å². The van der Waals surface area contributed by atoms with E-state index >= 15 is 0 Å². The quantitative estimate of drug-likeness (QED) is 0.895. The van der Waals surface area contributed by atoms with Gasteiger partial charge in [0.1, 0.15) is 0 Å². The van der Waals surface area contributed by atoms with Crippen molar-refractivity contribution in [3.8, 4) is 0 Å². The SMILES string of the molecule is CCC(C)N1CCN(CC(O)c2ccc(C)cc2)CC1. The lowest BCUT2D eigenvalue weighted by molar-refractivity contribution is 0.0584. The Morgan fingerprint density at radius 3 is 2.25 bits per heavy atom. The normalized spacial score (nSPS) is 20.8. The Hall–Kier alpha value is -0.900. The van der Waals surface area contributed by atoms with Crippen LogP contribution in [0.25, 0.3) is 0 Å². The molecule has 1 N–H and O–H groups in total. The standard InChI is InChI=1S/C17H28N2O/c1-4-15(3)19-11-9-18(10-12-19)13-17(20)16-7-5-14(2)6-8-16/h5-8,15,17,20H,4,9-13H2,1-3H3. The van der Waals surface area contributed by atoms with Crippen LogP contribution in [-0.2, 0) is 0 Å². The molecule has 1 saturated heterocycles. The number of β-amino-alcohol motifs (C(OH)–C–C–N with tert-alkyl or cyclic N) is 1. The Morgan fingerprint density at radius 1 is 1.10 bits per heavy atom.